The van der Waals surface area contributed by atoms with Crippen LogP contribution in [0.1, 0.15) is 29.9 Å². The van der Waals surface area contributed by atoms with Gasteiger partial charge in [-0.15, -0.1) is 0 Å². The first-order chi connectivity index (χ1) is 14.3. The number of rotatable bonds is 7. The second kappa shape index (κ2) is 7.90. The van der Waals surface area contributed by atoms with Gasteiger partial charge >= 0.3 is 5.97 Å². The Hall–Kier alpha value is -2.62. The fraction of sp³-hybridized carbons (Fsp3) is 0.381. The number of methoxy groups -OCH3 is 1. The van der Waals surface area contributed by atoms with Crippen LogP contribution < -0.4 is 14.2 Å². The van der Waals surface area contributed by atoms with Gasteiger partial charge in [-0.05, 0) is 36.2 Å². The van der Waals surface area contributed by atoms with Crippen LogP contribution in [0.15, 0.2) is 47.4 Å². The molecule has 0 saturated heterocycles. The van der Waals surface area contributed by atoms with Crippen molar-refractivity contribution in [3.8, 4) is 11.5 Å². The molecule has 8 nitrogen and oxygen atoms in total. The zero-order valence-corrected chi connectivity index (χ0v) is 17.1. The van der Waals surface area contributed by atoms with Gasteiger partial charge in [0.2, 0.25) is 10.0 Å². The van der Waals surface area contributed by atoms with E-state index >= 15 is 0 Å². The average molecular weight is 433 g/mol. The van der Waals surface area contributed by atoms with E-state index in [1.807, 2.05) is 18.2 Å². The van der Waals surface area contributed by atoms with Crippen molar-refractivity contribution >= 4 is 16.0 Å². The number of hydrogen-bond donors (Lipinski definition) is 3. The highest BCUT2D eigenvalue weighted by atomic mass is 32.2. The monoisotopic (exact) mass is 433 g/mol. The van der Waals surface area contributed by atoms with E-state index in [4.69, 9.17) is 14.6 Å². The summed E-state index contributed by atoms with van der Waals surface area (Å²) in [5.74, 6) is -0.102. The SMILES string of the molecule is COc1ccc(S(=O)(=O)NC2C(O)CC3Oc4c(CCC(=O)O)cccc4C32)cc1. The number of fused-ring (bicyclic) bond motifs is 3. The number of benzene rings is 2. The van der Waals surface area contributed by atoms with Gasteiger partial charge in [0.1, 0.15) is 17.6 Å². The molecule has 9 heteroatoms. The van der Waals surface area contributed by atoms with Gasteiger partial charge in [0.15, 0.2) is 0 Å². The summed E-state index contributed by atoms with van der Waals surface area (Å²) >= 11 is 0. The van der Waals surface area contributed by atoms with Crippen LogP contribution in [-0.2, 0) is 21.2 Å². The lowest BCUT2D eigenvalue weighted by atomic mass is 9.92. The summed E-state index contributed by atoms with van der Waals surface area (Å²) < 4.78 is 39.6. The van der Waals surface area contributed by atoms with Gasteiger partial charge in [-0.3, -0.25) is 4.79 Å². The molecule has 0 bridgehead atoms. The molecule has 1 fully saturated rings. The third-order valence-corrected chi connectivity index (χ3v) is 7.18. The van der Waals surface area contributed by atoms with Gasteiger partial charge in [-0.25, -0.2) is 13.1 Å². The Morgan fingerprint density at radius 1 is 1.23 bits per heavy atom. The number of nitrogens with one attached hydrogen (secondary N) is 1. The van der Waals surface area contributed by atoms with Crippen molar-refractivity contribution in [2.75, 3.05) is 7.11 Å². The van der Waals surface area contributed by atoms with Crippen LogP contribution in [0, 0.1) is 0 Å². The molecule has 4 rings (SSSR count). The largest absolute Gasteiger partial charge is 0.497 e. The quantitative estimate of drug-likeness (QED) is 0.607. The second-order valence-electron chi connectivity index (χ2n) is 7.54. The van der Waals surface area contributed by atoms with Crippen LogP contribution in [0.3, 0.4) is 0 Å². The van der Waals surface area contributed by atoms with Crippen molar-refractivity contribution in [3.05, 3.63) is 53.6 Å². The predicted molar refractivity (Wildman–Crippen MR) is 107 cm³/mol. The van der Waals surface area contributed by atoms with Gasteiger partial charge in [0.05, 0.1) is 24.2 Å². The fourth-order valence-electron chi connectivity index (χ4n) is 4.27. The lowest BCUT2D eigenvalue weighted by Crippen LogP contribution is -2.43. The first-order valence-corrected chi connectivity index (χ1v) is 11.1. The number of aliphatic carboxylic acids is 1. The minimum absolute atomic E-state index is 0.0225. The molecule has 0 aromatic heterocycles. The lowest BCUT2D eigenvalue weighted by Gasteiger charge is -2.22. The van der Waals surface area contributed by atoms with Crippen LogP contribution >= 0.6 is 0 Å². The topological polar surface area (TPSA) is 122 Å². The van der Waals surface area contributed by atoms with E-state index < -0.39 is 28.1 Å². The molecule has 2 aromatic carbocycles. The van der Waals surface area contributed by atoms with E-state index in [0.717, 1.165) is 11.1 Å². The number of aryl methyl sites for hydroxylation is 1. The summed E-state index contributed by atoms with van der Waals surface area (Å²) in [6.45, 7) is 0. The summed E-state index contributed by atoms with van der Waals surface area (Å²) in [5, 5.41) is 19.5. The van der Waals surface area contributed by atoms with Crippen LogP contribution in [0.2, 0.25) is 0 Å². The number of aliphatic hydroxyl groups is 1. The van der Waals surface area contributed by atoms with Crippen LogP contribution in [-0.4, -0.2) is 50.0 Å². The number of carboxylic acids is 1. The number of hydrogen-bond acceptors (Lipinski definition) is 6. The molecule has 1 heterocycles. The Kier molecular flexibility index (Phi) is 5.44. The molecule has 4 unspecified atom stereocenters. The zero-order chi connectivity index (χ0) is 21.5. The molecule has 2 aromatic rings. The standard InChI is InChI=1S/C21H23NO7S/c1-28-13-6-8-14(9-7-13)30(26,27)22-20-16(23)11-17-19(20)15-4-2-3-12(21(15)29-17)5-10-18(24)25/h2-4,6-9,16-17,19-20,22-23H,5,10-11H2,1H3,(H,24,25). The minimum atomic E-state index is -3.87. The van der Waals surface area contributed by atoms with Crippen LogP contribution in [0.5, 0.6) is 11.5 Å². The summed E-state index contributed by atoms with van der Waals surface area (Å²) in [4.78, 5) is 11.0. The Morgan fingerprint density at radius 2 is 1.97 bits per heavy atom. The van der Waals surface area contributed by atoms with Crippen molar-refractivity contribution in [2.45, 2.75) is 48.3 Å². The average Bonchev–Trinajstić information content (AvgIpc) is 3.22. The van der Waals surface area contributed by atoms with E-state index in [-0.39, 0.29) is 29.8 Å². The normalized spacial score (nSPS) is 24.7. The Morgan fingerprint density at radius 3 is 2.63 bits per heavy atom. The summed E-state index contributed by atoms with van der Waals surface area (Å²) in [7, 11) is -2.37. The molecule has 0 spiro atoms. The van der Waals surface area contributed by atoms with E-state index in [9.17, 15) is 18.3 Å². The number of ether oxygens (including phenoxy) is 2. The summed E-state index contributed by atoms with van der Waals surface area (Å²) in [6, 6.07) is 10.7. The van der Waals surface area contributed by atoms with Crippen LogP contribution in [0.25, 0.3) is 0 Å². The molecule has 160 valence electrons. The highest BCUT2D eigenvalue weighted by Gasteiger charge is 2.51. The molecular formula is C21H23NO7S. The summed E-state index contributed by atoms with van der Waals surface area (Å²) in [5.41, 5.74) is 1.57. The highest BCUT2D eigenvalue weighted by molar-refractivity contribution is 7.89. The first-order valence-electron chi connectivity index (χ1n) is 9.65. The summed E-state index contributed by atoms with van der Waals surface area (Å²) in [6.07, 6.45) is -0.685. The molecule has 1 aliphatic heterocycles. The van der Waals surface area contributed by atoms with Gasteiger partial charge in [-0.1, -0.05) is 18.2 Å². The number of sulfonamides is 1. The molecular weight excluding hydrogens is 410 g/mol. The maximum absolute atomic E-state index is 12.9. The fourth-order valence-corrected chi connectivity index (χ4v) is 5.56. The highest BCUT2D eigenvalue weighted by Crippen LogP contribution is 2.49. The van der Waals surface area contributed by atoms with Gasteiger partial charge in [0.25, 0.3) is 0 Å². The van der Waals surface area contributed by atoms with E-state index in [2.05, 4.69) is 4.72 Å². The van der Waals surface area contributed by atoms with Crippen molar-refractivity contribution in [3.63, 3.8) is 0 Å². The maximum Gasteiger partial charge on any atom is 0.303 e. The third-order valence-electron chi connectivity index (χ3n) is 5.70. The number of carboxylic acid groups (broad SMARTS) is 1. The van der Waals surface area contributed by atoms with Crippen molar-refractivity contribution < 1.29 is 32.9 Å². The van der Waals surface area contributed by atoms with Crippen molar-refractivity contribution in [1.29, 1.82) is 0 Å². The van der Waals surface area contributed by atoms with Gasteiger partial charge < -0.3 is 19.7 Å². The molecule has 1 aliphatic carbocycles. The molecule has 2 aliphatic rings. The molecule has 1 saturated carbocycles. The smallest absolute Gasteiger partial charge is 0.303 e. The second-order valence-corrected chi connectivity index (χ2v) is 9.25. The maximum atomic E-state index is 12.9. The predicted octanol–water partition coefficient (Wildman–Crippen LogP) is 1.67. The minimum Gasteiger partial charge on any atom is -0.497 e. The van der Waals surface area contributed by atoms with Gasteiger partial charge in [-0.2, -0.15) is 0 Å². The van der Waals surface area contributed by atoms with E-state index in [1.165, 1.54) is 19.2 Å². The molecule has 0 radical (unpaired) electrons. The van der Waals surface area contributed by atoms with Crippen molar-refractivity contribution in [2.24, 2.45) is 0 Å². The van der Waals surface area contributed by atoms with E-state index in [1.54, 1.807) is 12.1 Å². The Balaban J connectivity index is 1.60. The molecule has 3 N–H and O–H groups in total. The third kappa shape index (κ3) is 3.76. The number of aliphatic hydroxyl groups excluding tert-OH is 1. The molecule has 0 amide bonds. The lowest BCUT2D eigenvalue weighted by molar-refractivity contribution is -0.136. The molecule has 4 atom stereocenters. The van der Waals surface area contributed by atoms with E-state index in [0.29, 0.717) is 17.9 Å². The Bertz CT molecular complexity index is 1050. The number of carbonyl (C=O) groups is 1. The zero-order valence-electron chi connectivity index (χ0n) is 16.3. The van der Waals surface area contributed by atoms with Crippen LogP contribution in [0.4, 0.5) is 0 Å². The number of para-hydroxylation sites is 1. The molecule has 30 heavy (non-hydrogen) atoms. The van der Waals surface area contributed by atoms with Gasteiger partial charge in [0, 0.05) is 24.3 Å². The van der Waals surface area contributed by atoms with Crippen molar-refractivity contribution in [1.82, 2.24) is 4.72 Å². The first kappa shape index (κ1) is 20.6. The Labute approximate surface area is 174 Å².